The third kappa shape index (κ3) is 4.07. The molecule has 1 aliphatic carbocycles. The molecule has 1 aliphatic rings. The van der Waals surface area contributed by atoms with Crippen LogP contribution < -0.4 is 16.0 Å². The molecule has 0 atom stereocenters. The van der Waals surface area contributed by atoms with Gasteiger partial charge in [-0.25, -0.2) is 22.3 Å². The van der Waals surface area contributed by atoms with Gasteiger partial charge in [-0.2, -0.15) is 0 Å². The Hall–Kier alpha value is -4.62. The predicted octanol–water partition coefficient (Wildman–Crippen LogP) is 3.98. The van der Waals surface area contributed by atoms with E-state index in [1.165, 1.54) is 41.3 Å². The highest BCUT2D eigenvalue weighted by Crippen LogP contribution is 2.41. The van der Waals surface area contributed by atoms with Crippen molar-refractivity contribution in [1.82, 2.24) is 24.2 Å². The molecule has 11 nitrogen and oxygen atoms in total. The summed E-state index contributed by atoms with van der Waals surface area (Å²) in [5.41, 5.74) is 0.466. The van der Waals surface area contributed by atoms with Gasteiger partial charge in [0, 0.05) is 23.3 Å². The number of nitrogens with zero attached hydrogens (tertiary/aromatic N) is 1. The van der Waals surface area contributed by atoms with Crippen LogP contribution in [-0.4, -0.2) is 39.1 Å². The van der Waals surface area contributed by atoms with E-state index in [-0.39, 0.29) is 50.3 Å². The molecule has 0 unspecified atom stereocenters. The maximum absolute atomic E-state index is 15.4. The number of H-pyrrole nitrogens is 3. The normalized spacial score (nSPS) is 13.9. The van der Waals surface area contributed by atoms with Crippen molar-refractivity contribution in [3.8, 4) is 11.1 Å². The summed E-state index contributed by atoms with van der Waals surface area (Å²) >= 11 is 6.57. The predicted molar refractivity (Wildman–Crippen MR) is 150 cm³/mol. The molecule has 4 aromatic heterocycles. The smallest absolute Gasteiger partial charge is 0.323 e. The molecule has 2 aromatic carbocycles. The molecule has 1 saturated carbocycles. The highest BCUT2D eigenvalue weighted by molar-refractivity contribution is 7.91. The van der Waals surface area contributed by atoms with Crippen LogP contribution in [0.3, 0.4) is 0 Å². The third-order valence-electron chi connectivity index (χ3n) is 7.23. The van der Waals surface area contributed by atoms with E-state index < -0.39 is 38.2 Å². The van der Waals surface area contributed by atoms with E-state index in [9.17, 15) is 22.8 Å². The number of benzene rings is 2. The molecule has 0 aliphatic heterocycles. The summed E-state index contributed by atoms with van der Waals surface area (Å²) in [7, 11) is -4.01. The number of nitrogens with one attached hydrogen (secondary N) is 4. The number of furan rings is 1. The first-order valence-corrected chi connectivity index (χ1v) is 14.4. The topological polar surface area (TPSA) is 163 Å². The van der Waals surface area contributed by atoms with Gasteiger partial charge in [0.2, 0.25) is 10.0 Å². The maximum Gasteiger partial charge on any atom is 0.323 e. The number of sulfonamides is 1. The van der Waals surface area contributed by atoms with Crippen LogP contribution in [0.15, 0.2) is 62.9 Å². The average Bonchev–Trinajstić information content (AvgIpc) is 3.45. The number of carbonyl (C=O) groups excluding carboxylic acids is 1. The molecule has 208 valence electrons. The molecule has 1 fully saturated rings. The molecule has 7 rings (SSSR count). The molecular formula is C27H19ClFN5O6S. The van der Waals surface area contributed by atoms with Crippen molar-refractivity contribution in [3.05, 3.63) is 91.8 Å². The number of fused-ring (bicyclic) bond motifs is 4. The number of pyridine rings is 1. The molecule has 0 bridgehead atoms. The standard InChI is InChI=1S/C27H19ClFN5O6S/c28-16-9-19-18(31-27(37)32-19)8-12(16)11-34-20-10-17(29)14-5-7-40-24(14)22(20)21(15-2-1-6-30-25(15)35)23(34)26(36)33-41(38,39)13-3-4-13/h1-2,5-10,13H,3-4,11H2,(H,30,35)(H,33,36)(H2,31,32,37). The fourth-order valence-corrected chi connectivity index (χ4v) is 6.72. The van der Waals surface area contributed by atoms with Crippen molar-refractivity contribution in [2.24, 2.45) is 0 Å². The van der Waals surface area contributed by atoms with E-state index in [0.717, 1.165) is 0 Å². The second-order valence-electron chi connectivity index (χ2n) is 9.88. The number of hydrogen-bond donors (Lipinski definition) is 4. The van der Waals surface area contributed by atoms with E-state index >= 15 is 4.39 Å². The fraction of sp³-hybridized carbons (Fsp3) is 0.148. The van der Waals surface area contributed by atoms with Gasteiger partial charge >= 0.3 is 5.69 Å². The molecular weight excluding hydrogens is 577 g/mol. The number of rotatable bonds is 6. The van der Waals surface area contributed by atoms with E-state index in [2.05, 4.69) is 19.7 Å². The maximum atomic E-state index is 15.4. The lowest BCUT2D eigenvalue weighted by Gasteiger charge is -2.14. The van der Waals surface area contributed by atoms with Crippen LogP contribution in [0, 0.1) is 5.82 Å². The second kappa shape index (κ2) is 8.94. The Morgan fingerprint density at radius 2 is 1.90 bits per heavy atom. The highest BCUT2D eigenvalue weighted by Gasteiger charge is 2.39. The lowest BCUT2D eigenvalue weighted by atomic mass is 10.0. The number of carbonyl (C=O) groups is 1. The Bertz CT molecular complexity index is 2290. The Kier molecular flexibility index (Phi) is 5.53. The van der Waals surface area contributed by atoms with Gasteiger partial charge in [0.15, 0.2) is 0 Å². The molecule has 1 amide bonds. The van der Waals surface area contributed by atoms with Gasteiger partial charge < -0.3 is 23.9 Å². The number of imidazole rings is 1. The molecule has 0 saturated heterocycles. The fourth-order valence-electron chi connectivity index (χ4n) is 5.22. The van der Waals surface area contributed by atoms with Gasteiger partial charge in [-0.3, -0.25) is 9.59 Å². The Balaban J connectivity index is 1.57. The zero-order chi connectivity index (χ0) is 28.6. The van der Waals surface area contributed by atoms with Gasteiger partial charge in [0.25, 0.3) is 11.5 Å². The van der Waals surface area contributed by atoms with Crippen molar-refractivity contribution in [2.75, 3.05) is 0 Å². The van der Waals surface area contributed by atoms with Gasteiger partial charge in [-0.1, -0.05) is 11.6 Å². The summed E-state index contributed by atoms with van der Waals surface area (Å²) in [4.78, 5) is 46.7. The zero-order valence-corrected chi connectivity index (χ0v) is 22.5. The Morgan fingerprint density at radius 3 is 2.63 bits per heavy atom. The van der Waals surface area contributed by atoms with Crippen LogP contribution in [0.2, 0.25) is 5.02 Å². The van der Waals surface area contributed by atoms with Crippen LogP contribution >= 0.6 is 11.6 Å². The molecule has 6 aromatic rings. The number of aromatic nitrogens is 4. The summed E-state index contributed by atoms with van der Waals surface area (Å²) in [6, 6.07) is 8.78. The number of aromatic amines is 3. The molecule has 0 spiro atoms. The minimum absolute atomic E-state index is 0.0473. The van der Waals surface area contributed by atoms with Crippen LogP contribution in [0.5, 0.6) is 0 Å². The van der Waals surface area contributed by atoms with Crippen LogP contribution in [0.25, 0.3) is 44.0 Å². The van der Waals surface area contributed by atoms with Crippen molar-refractivity contribution in [1.29, 1.82) is 0 Å². The first-order valence-electron chi connectivity index (χ1n) is 12.5. The van der Waals surface area contributed by atoms with E-state index in [4.69, 9.17) is 16.0 Å². The summed E-state index contributed by atoms with van der Waals surface area (Å²) in [6.45, 7) is -0.152. The van der Waals surface area contributed by atoms with Crippen molar-refractivity contribution < 1.29 is 22.0 Å². The first-order chi connectivity index (χ1) is 19.6. The van der Waals surface area contributed by atoms with Crippen molar-refractivity contribution >= 4 is 60.4 Å². The van der Waals surface area contributed by atoms with Gasteiger partial charge in [0.05, 0.1) is 44.4 Å². The Labute approximate surface area is 234 Å². The van der Waals surface area contributed by atoms with Crippen molar-refractivity contribution in [3.63, 3.8) is 0 Å². The lowest BCUT2D eigenvalue weighted by molar-refractivity contribution is 0.0974. The number of amides is 1. The van der Waals surface area contributed by atoms with Crippen LogP contribution in [0.1, 0.15) is 28.9 Å². The van der Waals surface area contributed by atoms with Gasteiger partial charge in [-0.05, 0) is 54.8 Å². The van der Waals surface area contributed by atoms with E-state index in [1.54, 1.807) is 12.1 Å². The summed E-state index contributed by atoms with van der Waals surface area (Å²) in [6.07, 6.45) is 3.53. The quantitative estimate of drug-likeness (QED) is 0.228. The minimum Gasteiger partial charge on any atom is -0.463 e. The van der Waals surface area contributed by atoms with Crippen molar-refractivity contribution in [2.45, 2.75) is 24.6 Å². The van der Waals surface area contributed by atoms with E-state index in [1.807, 2.05) is 0 Å². The summed E-state index contributed by atoms with van der Waals surface area (Å²) < 4.78 is 50.3. The van der Waals surface area contributed by atoms with Gasteiger partial charge in [0.1, 0.15) is 17.1 Å². The van der Waals surface area contributed by atoms with Gasteiger partial charge in [-0.15, -0.1) is 0 Å². The molecule has 41 heavy (non-hydrogen) atoms. The molecule has 4 heterocycles. The monoisotopic (exact) mass is 595 g/mol. The molecule has 14 heteroatoms. The van der Waals surface area contributed by atoms with Crippen LogP contribution in [0.4, 0.5) is 4.39 Å². The summed E-state index contributed by atoms with van der Waals surface area (Å²) in [5.74, 6) is -1.65. The number of halogens is 2. The SMILES string of the molecule is O=C(NS(=O)(=O)C1CC1)c1c(-c2ccc[nH]c2=O)c2c3occc3c(F)cc2n1Cc1cc2[nH]c(=O)[nH]c2cc1Cl. The highest BCUT2D eigenvalue weighted by atomic mass is 35.5. The largest absolute Gasteiger partial charge is 0.463 e. The summed E-state index contributed by atoms with van der Waals surface area (Å²) in [5, 5.41) is -0.121. The Morgan fingerprint density at radius 1 is 1.15 bits per heavy atom. The molecule has 0 radical (unpaired) electrons. The van der Waals surface area contributed by atoms with E-state index in [0.29, 0.717) is 29.4 Å². The average molecular weight is 596 g/mol. The lowest BCUT2D eigenvalue weighted by Crippen LogP contribution is -2.35. The third-order valence-corrected chi connectivity index (χ3v) is 9.40. The zero-order valence-electron chi connectivity index (χ0n) is 20.9. The van der Waals surface area contributed by atoms with Crippen LogP contribution in [-0.2, 0) is 16.6 Å². The second-order valence-corrected chi connectivity index (χ2v) is 12.3. The minimum atomic E-state index is -4.01. The molecule has 4 N–H and O–H groups in total. The first kappa shape index (κ1) is 25.4. The number of hydrogen-bond acceptors (Lipinski definition) is 6.